The number of β-lactam (4-membered cyclic amide) rings is 1. The topological polar surface area (TPSA) is 124 Å². The normalized spacial score (nSPS) is 19.1. The largest absolute Gasteiger partial charge is 1.00 e. The molecule has 2 aromatic heterocycles. The number of aromatic nitrogens is 3. The molecule has 0 unspecified atom stereocenters. The van der Waals surface area contributed by atoms with Crippen molar-refractivity contribution in [3.8, 4) is 11.5 Å². The van der Waals surface area contributed by atoms with Gasteiger partial charge in [-0.25, -0.2) is 0 Å². The van der Waals surface area contributed by atoms with Crippen LogP contribution in [0, 0.1) is 0 Å². The van der Waals surface area contributed by atoms with E-state index in [2.05, 4.69) is 20.5 Å². The second-order valence-corrected chi connectivity index (χ2v) is 8.86. The molecule has 166 valence electrons. The molecule has 5 rings (SSSR count). The van der Waals surface area contributed by atoms with E-state index >= 15 is 0 Å². The molecule has 0 bridgehead atoms. The number of amides is 2. The van der Waals surface area contributed by atoms with E-state index in [1.54, 1.807) is 24.5 Å². The monoisotopic (exact) mass is 501 g/mol. The number of pyridine rings is 1. The smallest absolute Gasteiger partial charge is 0.863 e. The van der Waals surface area contributed by atoms with Gasteiger partial charge in [0.1, 0.15) is 11.4 Å². The first-order valence-electron chi connectivity index (χ1n) is 9.99. The number of carbonyl (C=O) groups excluding carboxylic acids is 2. The second-order valence-electron chi connectivity index (χ2n) is 7.38. The van der Waals surface area contributed by atoms with Crippen molar-refractivity contribution in [2.24, 2.45) is 0 Å². The van der Waals surface area contributed by atoms with Crippen LogP contribution >= 0.6 is 24.0 Å². The van der Waals surface area contributed by atoms with Crippen molar-refractivity contribution in [1.82, 2.24) is 25.4 Å². The summed E-state index contributed by atoms with van der Waals surface area (Å²) >= 11 is 6.32. The number of nitrogens with one attached hydrogen (secondary N) is 1. The molecule has 12 heteroatoms. The van der Waals surface area contributed by atoms with E-state index in [1.807, 2.05) is 30.3 Å². The maximum absolute atomic E-state index is 12.9. The molecular weight excluding hydrogens is 485 g/mol. The van der Waals surface area contributed by atoms with E-state index in [0.717, 1.165) is 5.56 Å². The molecular formula is C22H16N5NaO4S2. The Kier molecular flexibility index (Phi) is 7.48. The van der Waals surface area contributed by atoms with Crippen molar-refractivity contribution in [2.45, 2.75) is 17.8 Å². The van der Waals surface area contributed by atoms with Gasteiger partial charge in [-0.2, -0.15) is 0 Å². The molecule has 2 amide bonds. The van der Waals surface area contributed by atoms with Crippen LogP contribution in [0.1, 0.15) is 11.5 Å². The Morgan fingerprint density at radius 2 is 1.88 bits per heavy atom. The quantitative estimate of drug-likeness (QED) is 0.236. The maximum atomic E-state index is 12.9. The summed E-state index contributed by atoms with van der Waals surface area (Å²) in [6, 6.07) is 12.0. The van der Waals surface area contributed by atoms with E-state index in [9.17, 15) is 14.7 Å². The van der Waals surface area contributed by atoms with Crippen LogP contribution in [0.25, 0.3) is 17.0 Å². The first-order chi connectivity index (χ1) is 16.0. The predicted molar refractivity (Wildman–Crippen MR) is 122 cm³/mol. The molecule has 2 aliphatic heterocycles. The van der Waals surface area contributed by atoms with E-state index in [4.69, 9.17) is 16.6 Å². The average molecular weight is 502 g/mol. The van der Waals surface area contributed by atoms with E-state index < -0.39 is 22.4 Å². The fourth-order valence-electron chi connectivity index (χ4n) is 3.73. The van der Waals surface area contributed by atoms with Crippen LogP contribution in [0.3, 0.4) is 0 Å². The molecule has 0 aliphatic carbocycles. The summed E-state index contributed by atoms with van der Waals surface area (Å²) in [4.78, 5) is 30.6. The molecule has 1 N–H and O–H groups in total. The van der Waals surface area contributed by atoms with Gasteiger partial charge < -0.3 is 14.8 Å². The summed E-state index contributed by atoms with van der Waals surface area (Å²) in [5.41, 5.74) is 1.99. The number of thioether (sulfide) groups is 1. The van der Waals surface area contributed by atoms with Crippen molar-refractivity contribution >= 4 is 46.4 Å². The minimum Gasteiger partial charge on any atom is -0.863 e. The zero-order valence-electron chi connectivity index (χ0n) is 18.0. The average Bonchev–Trinajstić information content (AvgIpc) is 3.33. The summed E-state index contributed by atoms with van der Waals surface area (Å²) < 4.78 is 5.76. The number of nitrogens with zero attached hydrogens (tertiary/aromatic N) is 4. The molecule has 4 heterocycles. The Morgan fingerprint density at radius 3 is 2.59 bits per heavy atom. The Hall–Kier alpha value is -2.57. The number of benzene rings is 1. The fraction of sp³-hybridized carbons (Fsp3) is 0.182. The van der Waals surface area contributed by atoms with Crippen LogP contribution in [-0.4, -0.2) is 54.1 Å². The number of fused-ring (bicyclic) bond motifs is 1. The van der Waals surface area contributed by atoms with Gasteiger partial charge in [0.25, 0.3) is 5.91 Å². The third-order valence-electron chi connectivity index (χ3n) is 5.30. The molecule has 0 spiro atoms. The molecule has 34 heavy (non-hydrogen) atoms. The van der Waals surface area contributed by atoms with Gasteiger partial charge >= 0.3 is 29.6 Å². The van der Waals surface area contributed by atoms with Crippen LogP contribution in [0.5, 0.6) is 0 Å². The number of carbonyl (C=O) groups is 2. The minimum absolute atomic E-state index is 0. The number of hydrogen-bond acceptors (Lipinski definition) is 9. The van der Waals surface area contributed by atoms with Gasteiger partial charge in [-0.3, -0.25) is 19.5 Å². The SMILES string of the molecule is O=C(Cc1ccccc1)N[C@@H]1C(=O)N2C(C([O-])=S)=C(c3nnc(-c4ccncc4)o3)CS[C@H]12.[Na+]. The fourth-order valence-corrected chi connectivity index (χ4v) is 5.29. The van der Waals surface area contributed by atoms with E-state index in [-0.39, 0.29) is 59.4 Å². The van der Waals surface area contributed by atoms with E-state index in [0.29, 0.717) is 16.9 Å². The molecule has 1 saturated heterocycles. The molecule has 3 aromatic rings. The van der Waals surface area contributed by atoms with Crippen LogP contribution in [-0.2, 0) is 16.0 Å². The van der Waals surface area contributed by atoms with Gasteiger partial charge in [0.05, 0.1) is 17.7 Å². The van der Waals surface area contributed by atoms with Gasteiger partial charge in [0.2, 0.25) is 17.7 Å². The van der Waals surface area contributed by atoms with Crippen molar-refractivity contribution in [3.05, 3.63) is 72.0 Å². The van der Waals surface area contributed by atoms with Gasteiger partial charge in [-0.15, -0.1) is 22.0 Å². The number of thiocarbonyl (C=S) groups is 1. The van der Waals surface area contributed by atoms with Crippen molar-refractivity contribution < 1.29 is 48.7 Å². The second kappa shape index (κ2) is 10.4. The van der Waals surface area contributed by atoms with Crippen LogP contribution in [0.4, 0.5) is 0 Å². The van der Waals surface area contributed by atoms with Crippen molar-refractivity contribution in [3.63, 3.8) is 0 Å². The molecule has 9 nitrogen and oxygen atoms in total. The van der Waals surface area contributed by atoms with Gasteiger partial charge in [0, 0.05) is 23.7 Å². The number of hydrogen-bond donors (Lipinski definition) is 1. The Labute approximate surface area is 226 Å². The third-order valence-corrected chi connectivity index (χ3v) is 6.77. The Bertz CT molecular complexity index is 1270. The van der Waals surface area contributed by atoms with Crippen molar-refractivity contribution in [2.75, 3.05) is 5.75 Å². The molecule has 1 fully saturated rings. The minimum atomic E-state index is -0.729. The summed E-state index contributed by atoms with van der Waals surface area (Å²) in [6.07, 6.45) is 3.36. The predicted octanol–water partition coefficient (Wildman–Crippen LogP) is -1.82. The molecule has 1 aromatic carbocycles. The maximum Gasteiger partial charge on any atom is 1.00 e. The molecule has 0 saturated carbocycles. The van der Waals surface area contributed by atoms with Gasteiger partial charge in [0.15, 0.2) is 0 Å². The summed E-state index contributed by atoms with van der Waals surface area (Å²) in [6.45, 7) is 0. The van der Waals surface area contributed by atoms with E-state index in [1.165, 1.54) is 16.7 Å². The first kappa shape index (κ1) is 24.6. The molecule has 0 radical (unpaired) electrons. The third kappa shape index (κ3) is 4.66. The summed E-state index contributed by atoms with van der Waals surface area (Å²) in [7, 11) is 0. The first-order valence-corrected chi connectivity index (χ1v) is 11.5. The van der Waals surface area contributed by atoms with Crippen LogP contribution in [0.2, 0.25) is 0 Å². The number of rotatable bonds is 6. The molecule has 2 atom stereocenters. The van der Waals surface area contributed by atoms with Crippen molar-refractivity contribution in [1.29, 1.82) is 0 Å². The zero-order chi connectivity index (χ0) is 22.9. The summed E-state index contributed by atoms with van der Waals surface area (Å²) in [5.74, 6) is 0.0669. The zero-order valence-corrected chi connectivity index (χ0v) is 21.6. The van der Waals surface area contributed by atoms with Crippen LogP contribution in [0.15, 0.2) is 65.0 Å². The molecule has 2 aliphatic rings. The Balaban J connectivity index is 0.00000274. The van der Waals surface area contributed by atoms with Crippen LogP contribution < -0.4 is 40.0 Å². The summed E-state index contributed by atoms with van der Waals surface area (Å²) in [5, 5.41) is 22.1. The Morgan fingerprint density at radius 1 is 1.18 bits per heavy atom. The van der Waals surface area contributed by atoms with Gasteiger partial charge in [-0.1, -0.05) is 42.5 Å². The standard InChI is InChI=1S/C22H17N5O4S2.Na/c28-15(10-12-4-2-1-3-5-12)24-16-20(29)27-17(22(30)32)14(11-33-21(16)27)19-26-25-18(31-19)13-6-8-23-9-7-13;/h1-9,16,21H,10-11H2,(H,24,28)(H,30,32);/q;+1/p-1/t16-,21-;/m1./s1. The van der Waals surface area contributed by atoms with Gasteiger partial charge in [-0.05, 0) is 22.7 Å².